The van der Waals surface area contributed by atoms with Gasteiger partial charge in [-0.1, -0.05) is 26.0 Å². The summed E-state index contributed by atoms with van der Waals surface area (Å²) in [6.07, 6.45) is 0. The molecule has 1 aromatic carbocycles. The van der Waals surface area contributed by atoms with Crippen LogP contribution in [0.25, 0.3) is 0 Å². The van der Waals surface area contributed by atoms with Gasteiger partial charge in [-0.2, -0.15) is 17.0 Å². The topological polar surface area (TPSA) is 23.8 Å². The Labute approximate surface area is 83.8 Å². The van der Waals surface area contributed by atoms with E-state index in [4.69, 9.17) is 5.26 Å². The van der Waals surface area contributed by atoms with Crippen LogP contribution in [0.2, 0.25) is 0 Å². The van der Waals surface area contributed by atoms with Gasteiger partial charge in [-0.3, -0.25) is 0 Å². The summed E-state index contributed by atoms with van der Waals surface area (Å²) >= 11 is 1.89. The first-order chi connectivity index (χ1) is 6.22. The van der Waals surface area contributed by atoms with Crippen LogP contribution < -0.4 is 0 Å². The summed E-state index contributed by atoms with van der Waals surface area (Å²) in [7, 11) is 0. The second kappa shape index (κ2) is 4.94. The van der Waals surface area contributed by atoms with Gasteiger partial charge < -0.3 is 0 Å². The number of nitriles is 1. The van der Waals surface area contributed by atoms with Crippen LogP contribution >= 0.6 is 11.8 Å². The summed E-state index contributed by atoms with van der Waals surface area (Å²) in [6, 6.07) is 9.94. The van der Waals surface area contributed by atoms with E-state index < -0.39 is 0 Å². The second-order valence-corrected chi connectivity index (χ2v) is 4.74. The van der Waals surface area contributed by atoms with Crippen LogP contribution in [-0.4, -0.2) is 5.25 Å². The van der Waals surface area contributed by atoms with Gasteiger partial charge >= 0.3 is 0 Å². The molecule has 0 aliphatic heterocycles. The van der Waals surface area contributed by atoms with E-state index in [1.807, 2.05) is 30.0 Å². The summed E-state index contributed by atoms with van der Waals surface area (Å²) in [4.78, 5) is 0. The standard InChI is InChI=1S/C11H13NS/c1-9(2)13-8-11-5-3-4-10(6-11)7-12/h3-6,9H,8H2,1-2H3. The monoisotopic (exact) mass is 191 g/mol. The number of thioether (sulfide) groups is 1. The summed E-state index contributed by atoms with van der Waals surface area (Å²) in [5.74, 6) is 0.993. The third-order valence-corrected chi connectivity index (χ3v) is 2.81. The Morgan fingerprint density at radius 1 is 1.46 bits per heavy atom. The quantitative estimate of drug-likeness (QED) is 0.732. The van der Waals surface area contributed by atoms with Crippen LogP contribution in [0.1, 0.15) is 25.0 Å². The highest BCUT2D eigenvalue weighted by Crippen LogP contribution is 2.17. The molecule has 68 valence electrons. The minimum atomic E-state index is 0.644. The molecule has 13 heavy (non-hydrogen) atoms. The van der Waals surface area contributed by atoms with Gasteiger partial charge in [-0.15, -0.1) is 0 Å². The highest BCUT2D eigenvalue weighted by molar-refractivity contribution is 7.99. The Morgan fingerprint density at radius 2 is 2.23 bits per heavy atom. The summed E-state index contributed by atoms with van der Waals surface area (Å²) in [5, 5.41) is 9.33. The summed E-state index contributed by atoms with van der Waals surface area (Å²) in [6.45, 7) is 4.36. The van der Waals surface area contributed by atoms with E-state index >= 15 is 0 Å². The molecular formula is C11H13NS. The summed E-state index contributed by atoms with van der Waals surface area (Å²) in [5.41, 5.74) is 1.99. The molecule has 0 saturated heterocycles. The van der Waals surface area contributed by atoms with Crippen molar-refractivity contribution in [2.24, 2.45) is 0 Å². The van der Waals surface area contributed by atoms with Gasteiger partial charge in [-0.05, 0) is 22.9 Å². The van der Waals surface area contributed by atoms with E-state index in [1.54, 1.807) is 0 Å². The maximum Gasteiger partial charge on any atom is 0.0991 e. The van der Waals surface area contributed by atoms with Gasteiger partial charge in [0.1, 0.15) is 0 Å². The molecule has 0 heterocycles. The largest absolute Gasteiger partial charge is 0.192 e. The van der Waals surface area contributed by atoms with Crippen molar-refractivity contribution in [2.75, 3.05) is 0 Å². The van der Waals surface area contributed by atoms with Gasteiger partial charge in [0.2, 0.25) is 0 Å². The number of rotatable bonds is 3. The van der Waals surface area contributed by atoms with Crippen molar-refractivity contribution in [3.05, 3.63) is 35.4 Å². The molecule has 0 N–H and O–H groups in total. The van der Waals surface area contributed by atoms with Crippen LogP contribution in [0.15, 0.2) is 24.3 Å². The molecule has 0 bridgehead atoms. The highest BCUT2D eigenvalue weighted by Gasteiger charge is 1.97. The number of nitrogens with zero attached hydrogens (tertiary/aromatic N) is 1. The average molecular weight is 191 g/mol. The molecule has 0 aliphatic rings. The van der Waals surface area contributed by atoms with Crippen molar-refractivity contribution in [1.29, 1.82) is 5.26 Å². The van der Waals surface area contributed by atoms with Gasteiger partial charge in [0.05, 0.1) is 11.6 Å². The van der Waals surface area contributed by atoms with E-state index in [2.05, 4.69) is 26.0 Å². The zero-order valence-corrected chi connectivity index (χ0v) is 8.77. The Balaban J connectivity index is 2.63. The molecule has 0 spiro atoms. The molecule has 0 atom stereocenters. The molecule has 0 radical (unpaired) electrons. The Morgan fingerprint density at radius 3 is 2.85 bits per heavy atom. The zero-order valence-electron chi connectivity index (χ0n) is 7.95. The van der Waals surface area contributed by atoms with Crippen molar-refractivity contribution in [2.45, 2.75) is 24.9 Å². The van der Waals surface area contributed by atoms with E-state index in [0.29, 0.717) is 5.25 Å². The lowest BCUT2D eigenvalue weighted by Gasteiger charge is -2.04. The van der Waals surface area contributed by atoms with Crippen LogP contribution in [0.5, 0.6) is 0 Å². The number of benzene rings is 1. The molecule has 1 aromatic rings. The normalized spacial score (nSPS) is 10.0. The molecule has 0 aromatic heterocycles. The molecule has 0 saturated carbocycles. The van der Waals surface area contributed by atoms with E-state index in [9.17, 15) is 0 Å². The predicted octanol–water partition coefficient (Wildman–Crippen LogP) is 3.20. The van der Waals surface area contributed by atoms with E-state index in [-0.39, 0.29) is 0 Å². The SMILES string of the molecule is CC(C)SCc1cccc(C#N)c1. The molecule has 0 unspecified atom stereocenters. The first-order valence-electron chi connectivity index (χ1n) is 4.33. The molecule has 1 nitrogen and oxygen atoms in total. The Bertz CT molecular complexity index is 312. The molecule has 0 fully saturated rings. The lowest BCUT2D eigenvalue weighted by molar-refractivity contribution is 1.11. The van der Waals surface area contributed by atoms with Crippen molar-refractivity contribution in [3.63, 3.8) is 0 Å². The number of hydrogen-bond donors (Lipinski definition) is 0. The second-order valence-electron chi connectivity index (χ2n) is 3.17. The molecular weight excluding hydrogens is 178 g/mol. The molecule has 0 aliphatic carbocycles. The minimum Gasteiger partial charge on any atom is -0.192 e. The fraction of sp³-hybridized carbons (Fsp3) is 0.364. The van der Waals surface area contributed by atoms with Gasteiger partial charge in [0.15, 0.2) is 0 Å². The lowest BCUT2D eigenvalue weighted by atomic mass is 10.2. The molecule has 1 rings (SSSR count). The maximum absolute atomic E-state index is 8.68. The van der Waals surface area contributed by atoms with Crippen molar-refractivity contribution < 1.29 is 0 Å². The van der Waals surface area contributed by atoms with Gasteiger partial charge in [0.25, 0.3) is 0 Å². The molecule has 2 heteroatoms. The van der Waals surface area contributed by atoms with E-state index in [1.165, 1.54) is 5.56 Å². The molecule has 0 amide bonds. The van der Waals surface area contributed by atoms with Crippen LogP contribution in [-0.2, 0) is 5.75 Å². The van der Waals surface area contributed by atoms with Crippen LogP contribution in [0.3, 0.4) is 0 Å². The first-order valence-corrected chi connectivity index (χ1v) is 5.38. The minimum absolute atomic E-state index is 0.644. The maximum atomic E-state index is 8.68. The third-order valence-electron chi connectivity index (χ3n) is 1.64. The van der Waals surface area contributed by atoms with Crippen molar-refractivity contribution >= 4 is 11.8 Å². The van der Waals surface area contributed by atoms with Gasteiger partial charge in [-0.25, -0.2) is 0 Å². The van der Waals surface area contributed by atoms with Crippen LogP contribution in [0.4, 0.5) is 0 Å². The third kappa shape index (κ3) is 3.52. The fourth-order valence-electron chi connectivity index (χ4n) is 0.994. The fourth-order valence-corrected chi connectivity index (χ4v) is 1.70. The van der Waals surface area contributed by atoms with E-state index in [0.717, 1.165) is 11.3 Å². The Kier molecular flexibility index (Phi) is 3.85. The lowest BCUT2D eigenvalue weighted by Crippen LogP contribution is -1.89. The smallest absolute Gasteiger partial charge is 0.0991 e. The highest BCUT2D eigenvalue weighted by atomic mass is 32.2. The number of hydrogen-bond acceptors (Lipinski definition) is 2. The zero-order chi connectivity index (χ0) is 9.68. The Hall–Kier alpha value is -0.940. The van der Waals surface area contributed by atoms with Gasteiger partial charge in [0, 0.05) is 5.75 Å². The summed E-state index contributed by atoms with van der Waals surface area (Å²) < 4.78 is 0. The van der Waals surface area contributed by atoms with Crippen LogP contribution in [0, 0.1) is 11.3 Å². The van der Waals surface area contributed by atoms with Crippen molar-refractivity contribution in [3.8, 4) is 6.07 Å². The first kappa shape index (κ1) is 10.1. The van der Waals surface area contributed by atoms with Crippen molar-refractivity contribution in [1.82, 2.24) is 0 Å². The average Bonchev–Trinajstić information content (AvgIpc) is 2.15. The predicted molar refractivity (Wildman–Crippen MR) is 57.6 cm³/mol.